The van der Waals surface area contributed by atoms with E-state index in [-0.39, 0.29) is 11.7 Å². The maximum atomic E-state index is 11.5. The summed E-state index contributed by atoms with van der Waals surface area (Å²) in [7, 11) is 0. The summed E-state index contributed by atoms with van der Waals surface area (Å²) < 4.78 is 5.26. The summed E-state index contributed by atoms with van der Waals surface area (Å²) in [5, 5.41) is 0. The minimum atomic E-state index is -0.372. The number of likely N-dealkylation sites (tertiary alicyclic amines) is 1. The molecule has 0 bridgehead atoms. The molecule has 0 saturated carbocycles. The fourth-order valence-electron chi connectivity index (χ4n) is 1.43. The smallest absolute Gasteiger partial charge is 0.410 e. The molecule has 0 aromatic rings. The molecule has 1 atom stereocenters. The Bertz CT molecular complexity index is 253. The molecule has 0 aromatic heterocycles. The lowest BCUT2D eigenvalue weighted by Gasteiger charge is -2.24. The van der Waals surface area contributed by atoms with Crippen LogP contribution in [-0.4, -0.2) is 29.7 Å². The molecule has 1 rings (SSSR count). The zero-order valence-electron chi connectivity index (χ0n) is 11.7. The molecule has 0 aromatic carbocycles. The number of rotatable bonds is 0. The van der Waals surface area contributed by atoms with Gasteiger partial charge in [0.1, 0.15) is 5.60 Å². The summed E-state index contributed by atoms with van der Waals surface area (Å²) in [6, 6.07) is 0. The van der Waals surface area contributed by atoms with Gasteiger partial charge >= 0.3 is 6.09 Å². The predicted molar refractivity (Wildman–Crippen MR) is 70.6 cm³/mol. The molecular weight excluding hydrogens is 216 g/mol. The van der Waals surface area contributed by atoms with E-state index in [2.05, 4.69) is 6.92 Å². The molecule has 1 amide bonds. The maximum absolute atomic E-state index is 11.5. The number of hydrogen-bond donors (Lipinski definition) is 1. The molecule has 4 nitrogen and oxygen atoms in total. The van der Waals surface area contributed by atoms with Crippen molar-refractivity contribution < 1.29 is 9.53 Å². The number of amides is 1. The first-order valence-corrected chi connectivity index (χ1v) is 6.11. The van der Waals surface area contributed by atoms with Crippen molar-refractivity contribution in [3.63, 3.8) is 0 Å². The Kier molecular flexibility index (Phi) is 6.69. The number of allylic oxidation sites excluding steroid dienone is 1. The van der Waals surface area contributed by atoms with E-state index in [0.717, 1.165) is 19.5 Å². The van der Waals surface area contributed by atoms with Gasteiger partial charge in [-0.3, -0.25) is 0 Å². The largest absolute Gasteiger partial charge is 0.444 e. The molecule has 17 heavy (non-hydrogen) atoms. The molecule has 0 spiro atoms. The summed E-state index contributed by atoms with van der Waals surface area (Å²) in [6.07, 6.45) is 4.20. The van der Waals surface area contributed by atoms with Crippen molar-refractivity contribution in [3.8, 4) is 0 Å². The van der Waals surface area contributed by atoms with Crippen molar-refractivity contribution in [2.24, 2.45) is 11.7 Å². The van der Waals surface area contributed by atoms with Gasteiger partial charge in [0.15, 0.2) is 0 Å². The average molecular weight is 242 g/mol. The van der Waals surface area contributed by atoms with Gasteiger partial charge in [-0.05, 0) is 46.2 Å². The Labute approximate surface area is 105 Å². The minimum Gasteiger partial charge on any atom is -0.444 e. The van der Waals surface area contributed by atoms with Crippen LogP contribution >= 0.6 is 0 Å². The molecule has 0 radical (unpaired) electrons. The van der Waals surface area contributed by atoms with Gasteiger partial charge in [0.2, 0.25) is 0 Å². The number of nitrogens with two attached hydrogens (primary N) is 1. The molecule has 4 heteroatoms. The van der Waals surface area contributed by atoms with E-state index in [0.29, 0.717) is 5.92 Å². The van der Waals surface area contributed by atoms with Crippen LogP contribution in [0.25, 0.3) is 0 Å². The molecule has 100 valence electrons. The van der Waals surface area contributed by atoms with E-state index in [1.54, 1.807) is 11.0 Å². The Hall–Kier alpha value is -1.19. The first-order chi connectivity index (χ1) is 7.80. The average Bonchev–Trinajstić information content (AvgIpc) is 2.63. The van der Waals surface area contributed by atoms with Crippen molar-refractivity contribution in [1.82, 2.24) is 4.90 Å². The van der Waals surface area contributed by atoms with E-state index < -0.39 is 0 Å². The first kappa shape index (κ1) is 15.8. The van der Waals surface area contributed by atoms with Gasteiger partial charge in [0.05, 0.1) is 0 Å². The highest BCUT2D eigenvalue weighted by atomic mass is 16.6. The van der Waals surface area contributed by atoms with Crippen molar-refractivity contribution in [3.05, 3.63) is 12.3 Å². The Morgan fingerprint density at radius 1 is 1.47 bits per heavy atom. The Morgan fingerprint density at radius 2 is 2.00 bits per heavy atom. The highest BCUT2D eigenvalue weighted by Gasteiger charge is 2.27. The molecule has 2 N–H and O–H groups in total. The second kappa shape index (κ2) is 7.20. The normalized spacial score (nSPS) is 20.1. The molecule has 0 aliphatic carbocycles. The van der Waals surface area contributed by atoms with Crippen molar-refractivity contribution in [2.45, 2.75) is 46.6 Å². The standard InChI is InChI=1S/C10H19NO2.C3H7N/c1-8-5-6-11(7-8)9(12)13-10(2,3)4;1-2-3-4/h8H,5-7H2,1-4H3;2-3H,4H2,1H3. The summed E-state index contributed by atoms with van der Waals surface area (Å²) in [5.74, 6) is 0.618. The van der Waals surface area contributed by atoms with Crippen LogP contribution in [0.4, 0.5) is 4.79 Å². The first-order valence-electron chi connectivity index (χ1n) is 6.11. The zero-order valence-corrected chi connectivity index (χ0v) is 11.7. The van der Waals surface area contributed by atoms with E-state index >= 15 is 0 Å². The lowest BCUT2D eigenvalue weighted by atomic mass is 10.2. The third-order valence-corrected chi connectivity index (χ3v) is 2.27. The van der Waals surface area contributed by atoms with E-state index in [1.807, 2.05) is 27.7 Å². The van der Waals surface area contributed by atoms with Crippen LogP contribution in [0.3, 0.4) is 0 Å². The van der Waals surface area contributed by atoms with E-state index in [1.165, 1.54) is 6.20 Å². The monoisotopic (exact) mass is 242 g/mol. The van der Waals surface area contributed by atoms with Gasteiger partial charge in [-0.15, -0.1) is 0 Å². The summed E-state index contributed by atoms with van der Waals surface area (Å²) >= 11 is 0. The highest BCUT2D eigenvalue weighted by molar-refractivity contribution is 5.68. The molecule has 1 aliphatic rings. The third kappa shape index (κ3) is 7.66. The van der Waals surface area contributed by atoms with Gasteiger partial charge in [0.25, 0.3) is 0 Å². The van der Waals surface area contributed by atoms with Crippen LogP contribution in [0.15, 0.2) is 12.3 Å². The Balaban J connectivity index is 0.000000557. The highest BCUT2D eigenvalue weighted by Crippen LogP contribution is 2.18. The SMILES string of the molecule is CC1CCN(C(=O)OC(C)(C)C)C1.CC=CN. The lowest BCUT2D eigenvalue weighted by Crippen LogP contribution is -2.35. The van der Waals surface area contributed by atoms with Gasteiger partial charge in [0, 0.05) is 13.1 Å². The van der Waals surface area contributed by atoms with Crippen LogP contribution < -0.4 is 5.73 Å². The summed E-state index contributed by atoms with van der Waals surface area (Å²) in [4.78, 5) is 13.3. The van der Waals surface area contributed by atoms with Crippen molar-refractivity contribution >= 4 is 6.09 Å². The predicted octanol–water partition coefficient (Wildman–Crippen LogP) is 2.74. The number of carbonyl (C=O) groups is 1. The van der Waals surface area contributed by atoms with Crippen LogP contribution in [0.5, 0.6) is 0 Å². The van der Waals surface area contributed by atoms with E-state index in [9.17, 15) is 4.79 Å². The molecule has 1 heterocycles. The minimum absolute atomic E-state index is 0.170. The van der Waals surface area contributed by atoms with Crippen LogP contribution in [-0.2, 0) is 4.74 Å². The molecule has 1 aliphatic heterocycles. The maximum Gasteiger partial charge on any atom is 0.410 e. The van der Waals surface area contributed by atoms with Crippen LogP contribution in [0.1, 0.15) is 41.0 Å². The second-order valence-electron chi connectivity index (χ2n) is 5.35. The molecule has 1 unspecified atom stereocenters. The zero-order chi connectivity index (χ0) is 13.5. The Morgan fingerprint density at radius 3 is 2.29 bits per heavy atom. The van der Waals surface area contributed by atoms with Gasteiger partial charge in [-0.2, -0.15) is 0 Å². The van der Waals surface area contributed by atoms with Crippen molar-refractivity contribution in [2.75, 3.05) is 13.1 Å². The number of ether oxygens (including phenoxy) is 1. The van der Waals surface area contributed by atoms with Crippen LogP contribution in [0.2, 0.25) is 0 Å². The lowest BCUT2D eigenvalue weighted by molar-refractivity contribution is 0.0289. The number of carbonyl (C=O) groups excluding carboxylic acids is 1. The van der Waals surface area contributed by atoms with Gasteiger partial charge in [-0.25, -0.2) is 4.79 Å². The topological polar surface area (TPSA) is 55.6 Å². The molecule has 1 saturated heterocycles. The molecule has 1 fully saturated rings. The number of hydrogen-bond acceptors (Lipinski definition) is 3. The third-order valence-electron chi connectivity index (χ3n) is 2.27. The number of nitrogens with zero attached hydrogens (tertiary/aromatic N) is 1. The van der Waals surface area contributed by atoms with Gasteiger partial charge < -0.3 is 15.4 Å². The fraction of sp³-hybridized carbons (Fsp3) is 0.769. The summed E-state index contributed by atoms with van der Waals surface area (Å²) in [6.45, 7) is 11.4. The van der Waals surface area contributed by atoms with Gasteiger partial charge in [-0.1, -0.05) is 13.0 Å². The molecular formula is C13H26N2O2. The van der Waals surface area contributed by atoms with Crippen LogP contribution in [0, 0.1) is 5.92 Å². The quantitative estimate of drug-likeness (QED) is 0.710. The van der Waals surface area contributed by atoms with Crippen molar-refractivity contribution in [1.29, 1.82) is 0 Å². The second-order valence-corrected chi connectivity index (χ2v) is 5.35. The van der Waals surface area contributed by atoms with E-state index in [4.69, 9.17) is 10.5 Å². The summed E-state index contributed by atoms with van der Waals surface area (Å²) in [5.41, 5.74) is 4.48. The fourth-order valence-corrected chi connectivity index (χ4v) is 1.43.